The van der Waals surface area contributed by atoms with Gasteiger partial charge in [0.2, 0.25) is 0 Å². The molecule has 1 aromatic carbocycles. The second-order valence-corrected chi connectivity index (χ2v) is 2.39. The molecule has 0 aromatic heterocycles. The summed E-state index contributed by atoms with van der Waals surface area (Å²) in [6.07, 6.45) is 3.60. The number of aromatic carboxylic acids is 1. The third kappa shape index (κ3) is 1.72. The van der Waals surface area contributed by atoms with E-state index < -0.39 is 5.97 Å². The first-order valence-electron chi connectivity index (χ1n) is 3.70. The zero-order valence-corrected chi connectivity index (χ0v) is 6.82. The molecule has 1 rings (SSSR count). The minimum Gasteiger partial charge on any atom is -0.478 e. The monoisotopic (exact) mass is 162 g/mol. The molecule has 0 aliphatic rings. The molecular weight excluding hydrogens is 152 g/mol. The molecule has 0 amide bonds. The average Bonchev–Trinajstić information content (AvgIpc) is 2.05. The normalized spacial score (nSPS) is 10.4. The van der Waals surface area contributed by atoms with Crippen molar-refractivity contribution in [3.8, 4) is 0 Å². The van der Waals surface area contributed by atoms with Gasteiger partial charge >= 0.3 is 5.97 Å². The summed E-state index contributed by atoms with van der Waals surface area (Å²) in [7, 11) is 0. The molecule has 0 aliphatic heterocycles. The maximum Gasteiger partial charge on any atom is 0.336 e. The summed E-state index contributed by atoms with van der Waals surface area (Å²) >= 11 is 0. The minimum absolute atomic E-state index is 0.343. The first-order chi connectivity index (χ1) is 5.75. The zero-order chi connectivity index (χ0) is 8.97. The van der Waals surface area contributed by atoms with Gasteiger partial charge in [-0.25, -0.2) is 4.79 Å². The molecule has 62 valence electrons. The predicted molar refractivity (Wildman–Crippen MR) is 48.1 cm³/mol. The Hall–Kier alpha value is -1.57. The number of carboxylic acids is 1. The van der Waals surface area contributed by atoms with Crippen molar-refractivity contribution in [1.29, 1.82) is 0 Å². The SMILES string of the molecule is C/C=C\c1ccccc1C(=O)O. The van der Waals surface area contributed by atoms with Crippen molar-refractivity contribution < 1.29 is 9.90 Å². The lowest BCUT2D eigenvalue weighted by Gasteiger charge is -1.98. The maximum atomic E-state index is 10.7. The Balaban J connectivity index is 3.17. The number of carboxylic acid groups (broad SMARTS) is 1. The smallest absolute Gasteiger partial charge is 0.336 e. The van der Waals surface area contributed by atoms with E-state index in [1.54, 1.807) is 24.3 Å². The third-order valence-corrected chi connectivity index (χ3v) is 1.54. The van der Waals surface area contributed by atoms with E-state index in [4.69, 9.17) is 5.11 Å². The van der Waals surface area contributed by atoms with Crippen LogP contribution in [0.25, 0.3) is 6.08 Å². The van der Waals surface area contributed by atoms with Crippen LogP contribution in [0.2, 0.25) is 0 Å². The van der Waals surface area contributed by atoms with Crippen molar-refractivity contribution >= 4 is 12.0 Å². The number of benzene rings is 1. The van der Waals surface area contributed by atoms with Crippen molar-refractivity contribution in [3.05, 3.63) is 41.5 Å². The molecule has 0 fully saturated rings. The van der Waals surface area contributed by atoms with Crippen LogP contribution in [0.3, 0.4) is 0 Å². The highest BCUT2D eigenvalue weighted by molar-refractivity contribution is 5.92. The molecule has 2 heteroatoms. The maximum absolute atomic E-state index is 10.7. The number of hydrogen-bond donors (Lipinski definition) is 1. The van der Waals surface area contributed by atoms with Gasteiger partial charge in [-0.15, -0.1) is 0 Å². The Bertz CT molecular complexity index is 313. The van der Waals surface area contributed by atoms with E-state index in [0.29, 0.717) is 5.56 Å². The molecule has 0 bridgehead atoms. The van der Waals surface area contributed by atoms with Gasteiger partial charge in [0.25, 0.3) is 0 Å². The number of carbonyl (C=O) groups is 1. The fourth-order valence-corrected chi connectivity index (χ4v) is 1.02. The largest absolute Gasteiger partial charge is 0.478 e. The molecule has 0 unspecified atom stereocenters. The first-order valence-corrected chi connectivity index (χ1v) is 3.70. The van der Waals surface area contributed by atoms with Crippen LogP contribution in [0.15, 0.2) is 30.3 Å². The van der Waals surface area contributed by atoms with E-state index in [1.165, 1.54) is 0 Å². The fraction of sp³-hybridized carbons (Fsp3) is 0.100. The molecule has 1 aromatic rings. The number of allylic oxidation sites excluding steroid dienone is 1. The predicted octanol–water partition coefficient (Wildman–Crippen LogP) is 2.42. The summed E-state index contributed by atoms with van der Waals surface area (Å²) < 4.78 is 0. The summed E-state index contributed by atoms with van der Waals surface area (Å²) in [5.41, 5.74) is 1.09. The minimum atomic E-state index is -0.885. The lowest BCUT2D eigenvalue weighted by molar-refractivity contribution is 0.0696. The highest BCUT2D eigenvalue weighted by Crippen LogP contribution is 2.10. The quantitative estimate of drug-likeness (QED) is 0.725. The number of rotatable bonds is 2. The summed E-state index contributed by atoms with van der Waals surface area (Å²) in [4.78, 5) is 10.7. The first kappa shape index (κ1) is 8.53. The summed E-state index contributed by atoms with van der Waals surface area (Å²) in [5, 5.41) is 8.76. The third-order valence-electron chi connectivity index (χ3n) is 1.54. The van der Waals surface area contributed by atoms with Crippen molar-refractivity contribution in [3.63, 3.8) is 0 Å². The van der Waals surface area contributed by atoms with E-state index in [2.05, 4.69) is 0 Å². The van der Waals surface area contributed by atoms with E-state index in [-0.39, 0.29) is 0 Å². The van der Waals surface area contributed by atoms with Crippen molar-refractivity contribution in [1.82, 2.24) is 0 Å². The van der Waals surface area contributed by atoms with Crippen LogP contribution in [0.4, 0.5) is 0 Å². The van der Waals surface area contributed by atoms with Crippen LogP contribution < -0.4 is 0 Å². The average molecular weight is 162 g/mol. The van der Waals surface area contributed by atoms with Gasteiger partial charge < -0.3 is 5.11 Å². The number of hydrogen-bond acceptors (Lipinski definition) is 1. The van der Waals surface area contributed by atoms with Gasteiger partial charge in [0.05, 0.1) is 5.56 Å². The molecule has 0 saturated heterocycles. The van der Waals surface area contributed by atoms with E-state index in [9.17, 15) is 4.79 Å². The molecule has 0 aliphatic carbocycles. The van der Waals surface area contributed by atoms with E-state index >= 15 is 0 Å². The van der Waals surface area contributed by atoms with Gasteiger partial charge in [0.1, 0.15) is 0 Å². The molecular formula is C10H10O2. The van der Waals surface area contributed by atoms with Crippen LogP contribution >= 0.6 is 0 Å². The Labute approximate surface area is 71.2 Å². The molecule has 1 N–H and O–H groups in total. The highest BCUT2D eigenvalue weighted by atomic mass is 16.4. The second kappa shape index (κ2) is 3.72. The Morgan fingerprint density at radius 2 is 2.08 bits per heavy atom. The Morgan fingerprint density at radius 1 is 1.42 bits per heavy atom. The highest BCUT2D eigenvalue weighted by Gasteiger charge is 2.04. The van der Waals surface area contributed by atoms with Crippen molar-refractivity contribution in [2.75, 3.05) is 0 Å². The summed E-state index contributed by atoms with van der Waals surface area (Å²) in [5.74, 6) is -0.885. The molecule has 12 heavy (non-hydrogen) atoms. The van der Waals surface area contributed by atoms with Crippen LogP contribution in [0, 0.1) is 0 Å². The van der Waals surface area contributed by atoms with Gasteiger partial charge in [0, 0.05) is 0 Å². The van der Waals surface area contributed by atoms with E-state index in [0.717, 1.165) is 5.56 Å². The van der Waals surface area contributed by atoms with Gasteiger partial charge in [-0.1, -0.05) is 30.4 Å². The lowest BCUT2D eigenvalue weighted by Crippen LogP contribution is -1.98. The molecule has 0 spiro atoms. The van der Waals surface area contributed by atoms with Crippen LogP contribution in [0.1, 0.15) is 22.8 Å². The zero-order valence-electron chi connectivity index (χ0n) is 6.82. The summed E-state index contributed by atoms with van der Waals surface area (Å²) in [6, 6.07) is 6.92. The van der Waals surface area contributed by atoms with Crippen molar-refractivity contribution in [2.45, 2.75) is 6.92 Å². The van der Waals surface area contributed by atoms with E-state index in [1.807, 2.05) is 19.1 Å². The lowest BCUT2D eigenvalue weighted by atomic mass is 10.1. The Morgan fingerprint density at radius 3 is 2.67 bits per heavy atom. The second-order valence-electron chi connectivity index (χ2n) is 2.39. The molecule has 0 heterocycles. The topological polar surface area (TPSA) is 37.3 Å². The van der Waals surface area contributed by atoms with Crippen LogP contribution in [0.5, 0.6) is 0 Å². The molecule has 0 radical (unpaired) electrons. The Kier molecular flexibility index (Phi) is 2.64. The molecule has 2 nitrogen and oxygen atoms in total. The van der Waals surface area contributed by atoms with Gasteiger partial charge in [-0.3, -0.25) is 0 Å². The van der Waals surface area contributed by atoms with Gasteiger partial charge in [-0.2, -0.15) is 0 Å². The van der Waals surface area contributed by atoms with Crippen LogP contribution in [-0.2, 0) is 0 Å². The molecule has 0 saturated carbocycles. The standard InChI is InChI=1S/C10H10O2/c1-2-5-8-6-3-4-7-9(8)10(11)12/h2-7H,1H3,(H,11,12)/b5-2-. The summed E-state index contributed by atoms with van der Waals surface area (Å²) in [6.45, 7) is 1.86. The van der Waals surface area contributed by atoms with Crippen LogP contribution in [-0.4, -0.2) is 11.1 Å². The fourth-order valence-electron chi connectivity index (χ4n) is 1.02. The van der Waals surface area contributed by atoms with Gasteiger partial charge in [-0.05, 0) is 18.6 Å². The van der Waals surface area contributed by atoms with Gasteiger partial charge in [0.15, 0.2) is 0 Å². The van der Waals surface area contributed by atoms with Crippen molar-refractivity contribution in [2.24, 2.45) is 0 Å². The molecule has 0 atom stereocenters.